The zero-order chi connectivity index (χ0) is 14.1. The quantitative estimate of drug-likeness (QED) is 0.733. The Hall–Kier alpha value is -2.56. The Morgan fingerprint density at radius 2 is 1.70 bits per heavy atom. The summed E-state index contributed by atoms with van der Waals surface area (Å²) < 4.78 is 12.4. The predicted octanol–water partition coefficient (Wildman–Crippen LogP) is 2.72. The standard InChI is InChI=1S/C15H15N3O2/c1-10-5-4-6-14-16-15(17-18(10)14)11-7-12(19-2)9-13(8-11)20-3/h4-9H,1-3H3. The van der Waals surface area contributed by atoms with Gasteiger partial charge in [-0.05, 0) is 31.2 Å². The van der Waals surface area contributed by atoms with E-state index in [4.69, 9.17) is 9.47 Å². The van der Waals surface area contributed by atoms with E-state index in [1.165, 1.54) is 0 Å². The summed E-state index contributed by atoms with van der Waals surface area (Å²) in [4.78, 5) is 4.54. The summed E-state index contributed by atoms with van der Waals surface area (Å²) in [6.45, 7) is 2.00. The number of fused-ring (bicyclic) bond motifs is 1. The lowest BCUT2D eigenvalue weighted by molar-refractivity contribution is 0.394. The number of ether oxygens (including phenoxy) is 2. The summed E-state index contributed by atoms with van der Waals surface area (Å²) in [7, 11) is 3.25. The zero-order valence-corrected chi connectivity index (χ0v) is 11.6. The van der Waals surface area contributed by atoms with Crippen molar-refractivity contribution in [2.75, 3.05) is 14.2 Å². The lowest BCUT2D eigenvalue weighted by atomic mass is 10.2. The normalized spacial score (nSPS) is 10.8. The summed E-state index contributed by atoms with van der Waals surface area (Å²) in [5, 5.41) is 4.53. The molecule has 20 heavy (non-hydrogen) atoms. The van der Waals surface area contributed by atoms with Crippen molar-refractivity contribution < 1.29 is 9.47 Å². The van der Waals surface area contributed by atoms with Crippen LogP contribution in [-0.4, -0.2) is 28.8 Å². The maximum absolute atomic E-state index is 5.27. The van der Waals surface area contributed by atoms with Crippen LogP contribution in [0, 0.1) is 6.92 Å². The van der Waals surface area contributed by atoms with Crippen molar-refractivity contribution in [3.63, 3.8) is 0 Å². The van der Waals surface area contributed by atoms with Crippen molar-refractivity contribution in [1.29, 1.82) is 0 Å². The molecule has 0 bridgehead atoms. The van der Waals surface area contributed by atoms with Crippen LogP contribution in [0.3, 0.4) is 0 Å². The van der Waals surface area contributed by atoms with Gasteiger partial charge in [0.1, 0.15) is 11.5 Å². The van der Waals surface area contributed by atoms with E-state index < -0.39 is 0 Å². The molecule has 5 heteroatoms. The average Bonchev–Trinajstić information content (AvgIpc) is 2.92. The maximum Gasteiger partial charge on any atom is 0.182 e. The van der Waals surface area contributed by atoms with Crippen LogP contribution < -0.4 is 9.47 Å². The van der Waals surface area contributed by atoms with Crippen LogP contribution >= 0.6 is 0 Å². The monoisotopic (exact) mass is 269 g/mol. The third-order valence-electron chi connectivity index (χ3n) is 3.16. The molecule has 0 amide bonds. The Balaban J connectivity index is 2.17. The van der Waals surface area contributed by atoms with Gasteiger partial charge in [0.05, 0.1) is 14.2 Å². The van der Waals surface area contributed by atoms with E-state index in [1.54, 1.807) is 14.2 Å². The zero-order valence-electron chi connectivity index (χ0n) is 11.6. The molecule has 5 nitrogen and oxygen atoms in total. The molecule has 0 N–H and O–H groups in total. The summed E-state index contributed by atoms with van der Waals surface area (Å²) >= 11 is 0. The largest absolute Gasteiger partial charge is 0.497 e. The number of rotatable bonds is 3. The SMILES string of the molecule is COc1cc(OC)cc(-c2nc3cccc(C)n3n2)c1. The molecule has 0 spiro atoms. The van der Waals surface area contributed by atoms with Crippen molar-refractivity contribution in [1.82, 2.24) is 14.6 Å². The van der Waals surface area contributed by atoms with Crippen LogP contribution in [0.4, 0.5) is 0 Å². The highest BCUT2D eigenvalue weighted by Crippen LogP contribution is 2.28. The molecular weight excluding hydrogens is 254 g/mol. The summed E-state index contributed by atoms with van der Waals surface area (Å²) in [5.74, 6) is 2.08. The first-order chi connectivity index (χ1) is 9.71. The fourth-order valence-corrected chi connectivity index (χ4v) is 2.09. The maximum atomic E-state index is 5.27. The molecular formula is C15H15N3O2. The number of pyridine rings is 1. The topological polar surface area (TPSA) is 48.7 Å². The minimum atomic E-state index is 0.650. The van der Waals surface area contributed by atoms with E-state index in [0.29, 0.717) is 5.82 Å². The second-order valence-electron chi connectivity index (χ2n) is 4.47. The van der Waals surface area contributed by atoms with E-state index in [0.717, 1.165) is 28.4 Å². The summed E-state index contributed by atoms with van der Waals surface area (Å²) in [6.07, 6.45) is 0. The molecule has 0 aliphatic heterocycles. The van der Waals surface area contributed by atoms with E-state index in [1.807, 2.05) is 47.8 Å². The van der Waals surface area contributed by atoms with Gasteiger partial charge in [0.2, 0.25) is 0 Å². The highest BCUT2D eigenvalue weighted by molar-refractivity contribution is 5.63. The first-order valence-electron chi connectivity index (χ1n) is 6.27. The van der Waals surface area contributed by atoms with Gasteiger partial charge in [-0.3, -0.25) is 0 Å². The van der Waals surface area contributed by atoms with Crippen LogP contribution in [0.15, 0.2) is 36.4 Å². The summed E-state index contributed by atoms with van der Waals surface area (Å²) in [5.41, 5.74) is 2.72. The van der Waals surface area contributed by atoms with E-state index in [-0.39, 0.29) is 0 Å². The second-order valence-corrected chi connectivity index (χ2v) is 4.47. The lowest BCUT2D eigenvalue weighted by Crippen LogP contribution is -1.92. The molecule has 0 fully saturated rings. The predicted molar refractivity (Wildman–Crippen MR) is 76.3 cm³/mol. The fraction of sp³-hybridized carbons (Fsp3) is 0.200. The van der Waals surface area contributed by atoms with Gasteiger partial charge in [0.25, 0.3) is 0 Å². The highest BCUT2D eigenvalue weighted by Gasteiger charge is 2.10. The van der Waals surface area contributed by atoms with Gasteiger partial charge in [0.15, 0.2) is 11.5 Å². The Morgan fingerprint density at radius 1 is 1.00 bits per heavy atom. The van der Waals surface area contributed by atoms with Crippen molar-refractivity contribution in [3.8, 4) is 22.9 Å². The molecule has 0 atom stereocenters. The molecule has 0 unspecified atom stereocenters. The molecule has 2 aromatic heterocycles. The van der Waals surface area contributed by atoms with Gasteiger partial charge in [-0.1, -0.05) is 6.07 Å². The van der Waals surface area contributed by atoms with Gasteiger partial charge >= 0.3 is 0 Å². The molecule has 0 radical (unpaired) electrons. The van der Waals surface area contributed by atoms with Crippen molar-refractivity contribution in [3.05, 3.63) is 42.1 Å². The molecule has 2 heterocycles. The van der Waals surface area contributed by atoms with Gasteiger partial charge in [-0.25, -0.2) is 9.50 Å². The highest BCUT2D eigenvalue weighted by atomic mass is 16.5. The van der Waals surface area contributed by atoms with Gasteiger partial charge in [-0.15, -0.1) is 5.10 Å². The second kappa shape index (κ2) is 4.85. The van der Waals surface area contributed by atoms with Crippen LogP contribution in [0.1, 0.15) is 5.69 Å². The molecule has 0 saturated carbocycles. The lowest BCUT2D eigenvalue weighted by Gasteiger charge is -2.06. The first-order valence-corrected chi connectivity index (χ1v) is 6.27. The Kier molecular flexibility index (Phi) is 3.02. The Labute approximate surface area is 116 Å². The van der Waals surface area contributed by atoms with E-state index >= 15 is 0 Å². The van der Waals surface area contributed by atoms with E-state index in [9.17, 15) is 0 Å². The fourth-order valence-electron chi connectivity index (χ4n) is 2.09. The van der Waals surface area contributed by atoms with Crippen LogP contribution in [-0.2, 0) is 0 Å². The Morgan fingerprint density at radius 3 is 2.30 bits per heavy atom. The Bertz CT molecular complexity index is 743. The first kappa shape index (κ1) is 12.5. The van der Waals surface area contributed by atoms with Gasteiger partial charge < -0.3 is 9.47 Å². The summed E-state index contributed by atoms with van der Waals surface area (Å²) in [6, 6.07) is 11.5. The molecule has 0 aliphatic rings. The van der Waals surface area contributed by atoms with Crippen LogP contribution in [0.5, 0.6) is 11.5 Å². The van der Waals surface area contributed by atoms with Crippen molar-refractivity contribution in [2.45, 2.75) is 6.92 Å². The van der Waals surface area contributed by atoms with Gasteiger partial charge in [0, 0.05) is 17.3 Å². The molecule has 102 valence electrons. The number of hydrogen-bond donors (Lipinski definition) is 0. The van der Waals surface area contributed by atoms with Crippen molar-refractivity contribution >= 4 is 5.65 Å². The molecule has 0 saturated heterocycles. The number of hydrogen-bond acceptors (Lipinski definition) is 4. The van der Waals surface area contributed by atoms with Crippen molar-refractivity contribution in [2.24, 2.45) is 0 Å². The number of aromatic nitrogens is 3. The van der Waals surface area contributed by atoms with Crippen LogP contribution in [0.25, 0.3) is 17.0 Å². The van der Waals surface area contributed by atoms with Crippen LogP contribution in [0.2, 0.25) is 0 Å². The third kappa shape index (κ3) is 2.07. The smallest absolute Gasteiger partial charge is 0.182 e. The third-order valence-corrected chi connectivity index (χ3v) is 3.16. The average molecular weight is 269 g/mol. The molecule has 1 aromatic carbocycles. The number of methoxy groups -OCH3 is 2. The van der Waals surface area contributed by atoms with Gasteiger partial charge in [-0.2, -0.15) is 0 Å². The van der Waals surface area contributed by atoms with E-state index in [2.05, 4.69) is 10.1 Å². The molecule has 0 aliphatic carbocycles. The molecule has 3 aromatic rings. The molecule has 3 rings (SSSR count). The minimum Gasteiger partial charge on any atom is -0.497 e. The number of nitrogens with zero attached hydrogens (tertiary/aromatic N) is 3. The number of benzene rings is 1. The minimum absolute atomic E-state index is 0.650. The number of aryl methyl sites for hydroxylation is 1.